The van der Waals surface area contributed by atoms with Crippen molar-refractivity contribution in [2.75, 3.05) is 27.2 Å². The lowest BCUT2D eigenvalue weighted by molar-refractivity contribution is 0.263. The summed E-state index contributed by atoms with van der Waals surface area (Å²) in [4.78, 5) is 14.9. The predicted octanol–water partition coefficient (Wildman–Crippen LogP) is 3.05. The average molecular weight is 333 g/mol. The van der Waals surface area contributed by atoms with E-state index < -0.39 is 0 Å². The van der Waals surface area contributed by atoms with Crippen molar-refractivity contribution in [3.63, 3.8) is 0 Å². The molecule has 0 atom stereocenters. The Morgan fingerprint density at radius 3 is 2.48 bits per heavy atom. The van der Waals surface area contributed by atoms with Crippen molar-refractivity contribution in [1.82, 2.24) is 9.47 Å². The van der Waals surface area contributed by atoms with Crippen LogP contribution in [0.25, 0.3) is 21.8 Å². The Morgan fingerprint density at radius 1 is 1.04 bits per heavy atom. The van der Waals surface area contributed by atoms with Crippen LogP contribution < -0.4 is 10.2 Å². The van der Waals surface area contributed by atoms with Crippen molar-refractivity contribution in [2.24, 2.45) is 7.05 Å². The fraction of sp³-hybridized carbons (Fsp3) is 0.278. The molecule has 122 valence electrons. The lowest BCUT2D eigenvalue weighted by atomic mass is 10.1. The van der Waals surface area contributed by atoms with Gasteiger partial charge >= 0.3 is 0 Å². The van der Waals surface area contributed by atoms with Gasteiger partial charge in [-0.3, -0.25) is 4.79 Å². The molecule has 5 heteroatoms. The van der Waals surface area contributed by atoms with Gasteiger partial charge in [-0.25, -0.2) is 0 Å². The minimum atomic E-state index is 0. The van der Waals surface area contributed by atoms with Crippen LogP contribution in [-0.4, -0.2) is 36.7 Å². The third-order valence-corrected chi connectivity index (χ3v) is 3.90. The van der Waals surface area contributed by atoms with Gasteiger partial charge < -0.3 is 14.2 Å². The Hall–Kier alpha value is -2.04. The van der Waals surface area contributed by atoms with Gasteiger partial charge in [0.1, 0.15) is 12.4 Å². The Labute approximate surface area is 141 Å². The fourth-order valence-electron chi connectivity index (χ4n) is 2.71. The molecule has 0 N–H and O–H groups in total. The summed E-state index contributed by atoms with van der Waals surface area (Å²) >= 11 is 0. The SMILES string of the molecule is CN(C)CCOc1cccc2c1c(=O)c1ccccc1n2C.Cl. The van der Waals surface area contributed by atoms with Crippen LogP contribution in [0.3, 0.4) is 0 Å². The molecule has 0 aliphatic heterocycles. The van der Waals surface area contributed by atoms with Gasteiger partial charge in [0.2, 0.25) is 5.43 Å². The van der Waals surface area contributed by atoms with E-state index in [0.717, 1.165) is 23.0 Å². The largest absolute Gasteiger partial charge is 0.491 e. The second-order valence-corrected chi connectivity index (χ2v) is 5.71. The Morgan fingerprint density at radius 2 is 1.74 bits per heavy atom. The van der Waals surface area contributed by atoms with Crippen LogP contribution >= 0.6 is 12.4 Å². The van der Waals surface area contributed by atoms with Crippen molar-refractivity contribution in [3.05, 3.63) is 52.7 Å². The van der Waals surface area contributed by atoms with Crippen molar-refractivity contribution in [1.29, 1.82) is 0 Å². The van der Waals surface area contributed by atoms with Crippen LogP contribution in [0.5, 0.6) is 5.75 Å². The Bertz CT molecular complexity index is 887. The highest BCUT2D eigenvalue weighted by molar-refractivity contribution is 5.96. The first-order chi connectivity index (χ1) is 10.6. The quantitative estimate of drug-likeness (QED) is 0.689. The summed E-state index contributed by atoms with van der Waals surface area (Å²) in [5, 5.41) is 1.38. The molecule has 23 heavy (non-hydrogen) atoms. The van der Waals surface area contributed by atoms with E-state index in [1.54, 1.807) is 0 Å². The number of halogens is 1. The number of nitrogens with zero attached hydrogens (tertiary/aromatic N) is 2. The van der Waals surface area contributed by atoms with Gasteiger partial charge in [0.25, 0.3) is 0 Å². The number of hydrogen-bond donors (Lipinski definition) is 0. The van der Waals surface area contributed by atoms with Gasteiger partial charge in [-0.1, -0.05) is 18.2 Å². The zero-order valence-electron chi connectivity index (χ0n) is 13.6. The highest BCUT2D eigenvalue weighted by Gasteiger charge is 2.12. The minimum absolute atomic E-state index is 0. The third-order valence-electron chi connectivity index (χ3n) is 3.90. The minimum Gasteiger partial charge on any atom is -0.491 e. The van der Waals surface area contributed by atoms with E-state index in [-0.39, 0.29) is 17.8 Å². The van der Waals surface area contributed by atoms with E-state index in [1.807, 2.05) is 68.2 Å². The smallest absolute Gasteiger partial charge is 0.200 e. The fourth-order valence-corrected chi connectivity index (χ4v) is 2.71. The van der Waals surface area contributed by atoms with Gasteiger partial charge in [0, 0.05) is 19.0 Å². The molecule has 0 saturated heterocycles. The molecular weight excluding hydrogens is 312 g/mol. The van der Waals surface area contributed by atoms with E-state index in [0.29, 0.717) is 17.7 Å². The molecule has 1 heterocycles. The normalized spacial score (nSPS) is 11.0. The van der Waals surface area contributed by atoms with E-state index in [1.165, 1.54) is 0 Å². The number of benzene rings is 2. The maximum absolute atomic E-state index is 12.9. The van der Waals surface area contributed by atoms with Crippen molar-refractivity contribution in [3.8, 4) is 5.75 Å². The van der Waals surface area contributed by atoms with Crippen LogP contribution in [-0.2, 0) is 7.05 Å². The second kappa shape index (κ2) is 7.02. The summed E-state index contributed by atoms with van der Waals surface area (Å²) in [6, 6.07) is 13.4. The molecule has 0 saturated carbocycles. The summed E-state index contributed by atoms with van der Waals surface area (Å²) in [6.07, 6.45) is 0. The number of hydrogen-bond acceptors (Lipinski definition) is 3. The van der Waals surface area contributed by atoms with Crippen LogP contribution in [0.2, 0.25) is 0 Å². The van der Waals surface area contributed by atoms with Crippen molar-refractivity contribution >= 4 is 34.2 Å². The highest BCUT2D eigenvalue weighted by atomic mass is 35.5. The van der Waals surface area contributed by atoms with Gasteiger partial charge in [-0.15, -0.1) is 12.4 Å². The first kappa shape index (κ1) is 17.3. The first-order valence-corrected chi connectivity index (χ1v) is 7.37. The number of likely N-dealkylation sites (N-methyl/N-ethyl adjacent to an activating group) is 1. The molecule has 0 radical (unpaired) electrons. The number of aryl methyl sites for hydroxylation is 1. The van der Waals surface area contributed by atoms with Crippen LogP contribution in [0, 0.1) is 0 Å². The monoisotopic (exact) mass is 332 g/mol. The van der Waals surface area contributed by atoms with Crippen molar-refractivity contribution < 1.29 is 4.74 Å². The van der Waals surface area contributed by atoms with E-state index in [9.17, 15) is 4.79 Å². The van der Waals surface area contributed by atoms with Gasteiger partial charge in [-0.2, -0.15) is 0 Å². The molecule has 0 aliphatic carbocycles. The topological polar surface area (TPSA) is 34.5 Å². The zero-order valence-corrected chi connectivity index (χ0v) is 14.4. The summed E-state index contributed by atoms with van der Waals surface area (Å²) < 4.78 is 7.91. The lowest BCUT2D eigenvalue weighted by Crippen LogP contribution is -2.20. The number of fused-ring (bicyclic) bond motifs is 2. The highest BCUT2D eigenvalue weighted by Crippen LogP contribution is 2.25. The van der Waals surface area contributed by atoms with Gasteiger partial charge in [0.05, 0.1) is 16.4 Å². The maximum Gasteiger partial charge on any atom is 0.200 e. The van der Waals surface area contributed by atoms with Crippen LogP contribution in [0.1, 0.15) is 0 Å². The summed E-state index contributed by atoms with van der Waals surface area (Å²) in [5.41, 5.74) is 1.86. The van der Waals surface area contributed by atoms with E-state index >= 15 is 0 Å². The molecule has 0 amide bonds. The van der Waals surface area contributed by atoms with Crippen LogP contribution in [0.4, 0.5) is 0 Å². The number of pyridine rings is 1. The molecule has 1 aromatic heterocycles. The second-order valence-electron chi connectivity index (χ2n) is 5.71. The molecule has 0 unspecified atom stereocenters. The molecule has 0 bridgehead atoms. The van der Waals surface area contributed by atoms with E-state index in [2.05, 4.69) is 4.90 Å². The molecular formula is C18H21ClN2O2. The van der Waals surface area contributed by atoms with E-state index in [4.69, 9.17) is 4.74 Å². The molecule has 0 fully saturated rings. The number of para-hydroxylation sites is 1. The number of aromatic nitrogens is 1. The number of ether oxygens (including phenoxy) is 1. The Balaban J connectivity index is 0.00000192. The summed E-state index contributed by atoms with van der Waals surface area (Å²) in [5.74, 6) is 0.658. The maximum atomic E-state index is 12.9. The molecule has 3 aromatic rings. The third kappa shape index (κ3) is 3.19. The van der Waals surface area contributed by atoms with Crippen LogP contribution in [0.15, 0.2) is 47.3 Å². The average Bonchev–Trinajstić information content (AvgIpc) is 2.52. The summed E-state index contributed by atoms with van der Waals surface area (Å²) in [7, 11) is 5.98. The Kier molecular flexibility index (Phi) is 5.29. The molecule has 3 rings (SSSR count). The predicted molar refractivity (Wildman–Crippen MR) is 98.0 cm³/mol. The van der Waals surface area contributed by atoms with Gasteiger partial charge in [-0.05, 0) is 38.4 Å². The zero-order chi connectivity index (χ0) is 15.7. The first-order valence-electron chi connectivity index (χ1n) is 7.37. The molecule has 0 aliphatic rings. The molecule has 4 nitrogen and oxygen atoms in total. The number of rotatable bonds is 4. The summed E-state index contributed by atoms with van der Waals surface area (Å²) in [6.45, 7) is 1.37. The van der Waals surface area contributed by atoms with Gasteiger partial charge in [0.15, 0.2) is 0 Å². The molecule has 0 spiro atoms. The standard InChI is InChI=1S/C18H20N2O2.ClH/c1-19(2)11-12-22-16-10-6-9-15-17(16)18(21)13-7-4-5-8-14(13)20(15)3;/h4-10H,11-12H2,1-3H3;1H. The van der Waals surface area contributed by atoms with Crippen molar-refractivity contribution in [2.45, 2.75) is 0 Å². The lowest BCUT2D eigenvalue weighted by Gasteiger charge is -2.15. The molecule has 2 aromatic carbocycles.